The van der Waals surface area contributed by atoms with Gasteiger partial charge in [0.05, 0.1) is 21.9 Å². The molecule has 1 saturated heterocycles. The number of halogens is 1. The van der Waals surface area contributed by atoms with Crippen molar-refractivity contribution >= 4 is 28.8 Å². The molecule has 1 amide bonds. The second-order valence-corrected chi connectivity index (χ2v) is 5.89. The third-order valence-electron chi connectivity index (χ3n) is 2.82. The summed E-state index contributed by atoms with van der Waals surface area (Å²) >= 11 is 7.06. The quantitative estimate of drug-likeness (QED) is 0.814. The molecule has 2 rings (SSSR count). The number of amides is 1. The molecule has 6 heteroatoms. The molecule has 0 aliphatic carbocycles. The molecule has 100 valence electrons. The van der Waals surface area contributed by atoms with E-state index in [2.05, 4.69) is 10.6 Å². The van der Waals surface area contributed by atoms with Crippen LogP contribution in [-0.2, 0) is 4.74 Å². The first-order valence-corrected chi connectivity index (χ1v) is 7.31. The Hall–Kier alpha value is -0.620. The molecule has 1 aliphatic rings. The van der Waals surface area contributed by atoms with Crippen molar-refractivity contribution in [3.63, 3.8) is 0 Å². The van der Waals surface area contributed by atoms with Crippen molar-refractivity contribution in [2.45, 2.75) is 18.9 Å². The van der Waals surface area contributed by atoms with E-state index in [9.17, 15) is 4.79 Å². The van der Waals surface area contributed by atoms with Gasteiger partial charge in [-0.2, -0.15) is 0 Å². The molecule has 0 saturated carbocycles. The number of rotatable bonds is 5. The summed E-state index contributed by atoms with van der Waals surface area (Å²) in [7, 11) is 0. The van der Waals surface area contributed by atoms with Gasteiger partial charge in [-0.3, -0.25) is 4.79 Å². The largest absolute Gasteiger partial charge is 0.376 e. The van der Waals surface area contributed by atoms with E-state index in [1.54, 1.807) is 12.1 Å². The van der Waals surface area contributed by atoms with E-state index in [-0.39, 0.29) is 5.91 Å². The number of hydrogen-bond acceptors (Lipinski definition) is 4. The summed E-state index contributed by atoms with van der Waals surface area (Å²) in [5.74, 6) is -0.0826. The third kappa shape index (κ3) is 4.24. The van der Waals surface area contributed by atoms with Gasteiger partial charge in [0.2, 0.25) is 0 Å². The Morgan fingerprint density at radius 1 is 1.50 bits per heavy atom. The van der Waals surface area contributed by atoms with Gasteiger partial charge in [0.1, 0.15) is 0 Å². The SMILES string of the molecule is O=C(NCCOC1CCNCC1)c1ccc(Cl)s1. The summed E-state index contributed by atoms with van der Waals surface area (Å²) in [5, 5.41) is 6.11. The zero-order valence-corrected chi connectivity index (χ0v) is 11.6. The van der Waals surface area contributed by atoms with Crippen molar-refractivity contribution in [1.82, 2.24) is 10.6 Å². The number of ether oxygens (including phenoxy) is 1. The molecular weight excluding hydrogens is 272 g/mol. The van der Waals surface area contributed by atoms with E-state index in [0.717, 1.165) is 25.9 Å². The summed E-state index contributed by atoms with van der Waals surface area (Å²) < 4.78 is 6.33. The van der Waals surface area contributed by atoms with Gasteiger partial charge in [-0.25, -0.2) is 0 Å². The first-order chi connectivity index (χ1) is 8.75. The van der Waals surface area contributed by atoms with E-state index in [0.29, 0.717) is 28.5 Å². The van der Waals surface area contributed by atoms with E-state index in [1.807, 2.05) is 0 Å². The predicted molar refractivity (Wildman–Crippen MR) is 73.5 cm³/mol. The van der Waals surface area contributed by atoms with Crippen LogP contribution in [0.1, 0.15) is 22.5 Å². The molecule has 0 aromatic carbocycles. The maximum atomic E-state index is 11.7. The molecule has 0 unspecified atom stereocenters. The average Bonchev–Trinajstić information content (AvgIpc) is 2.82. The molecule has 1 fully saturated rings. The van der Waals surface area contributed by atoms with Gasteiger partial charge >= 0.3 is 0 Å². The van der Waals surface area contributed by atoms with Gasteiger partial charge < -0.3 is 15.4 Å². The highest BCUT2D eigenvalue weighted by molar-refractivity contribution is 7.17. The minimum absolute atomic E-state index is 0.0826. The fourth-order valence-electron chi connectivity index (χ4n) is 1.88. The van der Waals surface area contributed by atoms with Crippen LogP contribution in [0.5, 0.6) is 0 Å². The third-order valence-corrected chi connectivity index (χ3v) is 4.05. The summed E-state index contributed by atoms with van der Waals surface area (Å²) in [5.41, 5.74) is 0. The Morgan fingerprint density at radius 3 is 2.94 bits per heavy atom. The second-order valence-electron chi connectivity index (χ2n) is 4.18. The van der Waals surface area contributed by atoms with Crippen LogP contribution in [-0.4, -0.2) is 38.3 Å². The van der Waals surface area contributed by atoms with Crippen LogP contribution in [0.2, 0.25) is 4.34 Å². The molecular formula is C12H17ClN2O2S. The Morgan fingerprint density at radius 2 is 2.28 bits per heavy atom. The van der Waals surface area contributed by atoms with E-state index < -0.39 is 0 Å². The van der Waals surface area contributed by atoms with Crippen molar-refractivity contribution in [2.24, 2.45) is 0 Å². The lowest BCUT2D eigenvalue weighted by molar-refractivity contribution is 0.0343. The van der Waals surface area contributed by atoms with Crippen molar-refractivity contribution in [3.8, 4) is 0 Å². The maximum Gasteiger partial charge on any atom is 0.261 e. The molecule has 0 radical (unpaired) electrons. The highest BCUT2D eigenvalue weighted by atomic mass is 35.5. The Kier molecular flexibility index (Phi) is 5.44. The number of piperidine rings is 1. The van der Waals surface area contributed by atoms with Crippen molar-refractivity contribution in [1.29, 1.82) is 0 Å². The van der Waals surface area contributed by atoms with Gasteiger partial charge in [0, 0.05) is 6.54 Å². The predicted octanol–water partition coefficient (Wildman–Crippen LogP) is 1.90. The molecule has 18 heavy (non-hydrogen) atoms. The number of nitrogens with one attached hydrogen (secondary N) is 2. The summed E-state index contributed by atoms with van der Waals surface area (Å²) in [6.45, 7) is 3.14. The molecule has 2 N–H and O–H groups in total. The van der Waals surface area contributed by atoms with Gasteiger partial charge in [0.15, 0.2) is 0 Å². The zero-order valence-electron chi connectivity index (χ0n) is 10.1. The van der Waals surface area contributed by atoms with Crippen LogP contribution in [0.25, 0.3) is 0 Å². The lowest BCUT2D eigenvalue weighted by Gasteiger charge is -2.22. The summed E-state index contributed by atoms with van der Waals surface area (Å²) in [4.78, 5) is 12.3. The number of thiophene rings is 1. The smallest absolute Gasteiger partial charge is 0.261 e. The van der Waals surface area contributed by atoms with E-state index >= 15 is 0 Å². The van der Waals surface area contributed by atoms with Gasteiger partial charge in [-0.1, -0.05) is 11.6 Å². The van der Waals surface area contributed by atoms with Crippen LogP contribution in [0.4, 0.5) is 0 Å². The minimum atomic E-state index is -0.0826. The topological polar surface area (TPSA) is 50.4 Å². The monoisotopic (exact) mass is 288 g/mol. The minimum Gasteiger partial charge on any atom is -0.376 e. The fourth-order valence-corrected chi connectivity index (χ4v) is 2.84. The Balaban J connectivity index is 1.61. The average molecular weight is 289 g/mol. The van der Waals surface area contributed by atoms with Crippen molar-refractivity contribution in [2.75, 3.05) is 26.2 Å². The number of hydrogen-bond donors (Lipinski definition) is 2. The van der Waals surface area contributed by atoms with Crippen LogP contribution < -0.4 is 10.6 Å². The van der Waals surface area contributed by atoms with Crippen LogP contribution in [0.3, 0.4) is 0 Å². The molecule has 1 aromatic rings. The molecule has 1 aliphatic heterocycles. The molecule has 2 heterocycles. The Labute approximate surface area is 116 Å². The van der Waals surface area contributed by atoms with Gasteiger partial charge in [-0.05, 0) is 38.1 Å². The Bertz CT molecular complexity index is 391. The normalized spacial score (nSPS) is 16.7. The fraction of sp³-hybridized carbons (Fsp3) is 0.583. The lowest BCUT2D eigenvalue weighted by Crippen LogP contribution is -2.34. The van der Waals surface area contributed by atoms with E-state index in [1.165, 1.54) is 11.3 Å². The molecule has 0 spiro atoms. The first-order valence-electron chi connectivity index (χ1n) is 6.11. The number of carbonyl (C=O) groups excluding carboxylic acids is 1. The zero-order chi connectivity index (χ0) is 12.8. The van der Waals surface area contributed by atoms with Crippen molar-refractivity contribution < 1.29 is 9.53 Å². The summed E-state index contributed by atoms with van der Waals surface area (Å²) in [6.07, 6.45) is 2.43. The highest BCUT2D eigenvalue weighted by Gasteiger charge is 2.13. The highest BCUT2D eigenvalue weighted by Crippen LogP contribution is 2.20. The maximum absolute atomic E-state index is 11.7. The first kappa shape index (κ1) is 13.8. The van der Waals surface area contributed by atoms with Crippen LogP contribution >= 0.6 is 22.9 Å². The molecule has 1 aromatic heterocycles. The van der Waals surface area contributed by atoms with Gasteiger partial charge in [-0.15, -0.1) is 11.3 Å². The summed E-state index contributed by atoms with van der Waals surface area (Å²) in [6, 6.07) is 3.46. The molecule has 0 bridgehead atoms. The van der Waals surface area contributed by atoms with Crippen LogP contribution in [0.15, 0.2) is 12.1 Å². The standard InChI is InChI=1S/C12H17ClN2O2S/c13-11-2-1-10(18-11)12(16)15-7-8-17-9-3-5-14-6-4-9/h1-2,9,14H,3-8H2,(H,15,16). The van der Waals surface area contributed by atoms with Crippen molar-refractivity contribution in [3.05, 3.63) is 21.3 Å². The van der Waals surface area contributed by atoms with Gasteiger partial charge in [0.25, 0.3) is 5.91 Å². The lowest BCUT2D eigenvalue weighted by atomic mass is 10.1. The molecule has 0 atom stereocenters. The molecule has 4 nitrogen and oxygen atoms in total. The van der Waals surface area contributed by atoms with Crippen LogP contribution in [0, 0.1) is 0 Å². The van der Waals surface area contributed by atoms with E-state index in [4.69, 9.17) is 16.3 Å². The second kappa shape index (κ2) is 7.09. The number of carbonyl (C=O) groups is 1.